The molecular formula is C17H17N3O5. The van der Waals surface area contributed by atoms with E-state index in [1.165, 1.54) is 32.6 Å². The SMILES string of the molecule is COc1ccc(O)c(/C=N/NC(=O)C(=O)Nc2ccccc2OC)c1. The summed E-state index contributed by atoms with van der Waals surface area (Å²) in [7, 11) is 2.94. The first-order chi connectivity index (χ1) is 12.0. The number of ether oxygens (including phenoxy) is 2. The van der Waals surface area contributed by atoms with E-state index in [0.29, 0.717) is 22.7 Å². The van der Waals surface area contributed by atoms with Crippen LogP contribution in [0.4, 0.5) is 5.69 Å². The van der Waals surface area contributed by atoms with Gasteiger partial charge in [0.2, 0.25) is 0 Å². The Bertz CT molecular complexity index is 805. The molecule has 2 aromatic rings. The van der Waals surface area contributed by atoms with Gasteiger partial charge in [-0.3, -0.25) is 9.59 Å². The van der Waals surface area contributed by atoms with Crippen molar-refractivity contribution < 1.29 is 24.2 Å². The fraction of sp³-hybridized carbons (Fsp3) is 0.118. The van der Waals surface area contributed by atoms with Gasteiger partial charge in [-0.2, -0.15) is 5.10 Å². The quantitative estimate of drug-likeness (QED) is 0.433. The first-order valence-corrected chi connectivity index (χ1v) is 7.19. The zero-order chi connectivity index (χ0) is 18.2. The molecule has 0 aromatic heterocycles. The van der Waals surface area contributed by atoms with E-state index in [1.54, 1.807) is 30.3 Å². The fourth-order valence-corrected chi connectivity index (χ4v) is 1.90. The van der Waals surface area contributed by atoms with Gasteiger partial charge < -0.3 is 19.9 Å². The van der Waals surface area contributed by atoms with Gasteiger partial charge >= 0.3 is 11.8 Å². The minimum atomic E-state index is -0.968. The third-order valence-electron chi connectivity index (χ3n) is 3.17. The highest BCUT2D eigenvalue weighted by molar-refractivity contribution is 6.39. The molecule has 0 saturated heterocycles. The van der Waals surface area contributed by atoms with E-state index >= 15 is 0 Å². The van der Waals surface area contributed by atoms with Crippen LogP contribution in [0.5, 0.6) is 17.2 Å². The van der Waals surface area contributed by atoms with Crippen LogP contribution in [0.1, 0.15) is 5.56 Å². The number of nitrogens with zero attached hydrogens (tertiary/aromatic N) is 1. The van der Waals surface area contributed by atoms with Crippen LogP contribution in [0.2, 0.25) is 0 Å². The van der Waals surface area contributed by atoms with Gasteiger partial charge in [0, 0.05) is 5.56 Å². The Kier molecular flexibility index (Phi) is 5.94. The third kappa shape index (κ3) is 4.71. The van der Waals surface area contributed by atoms with Crippen molar-refractivity contribution in [1.82, 2.24) is 5.43 Å². The Morgan fingerprint density at radius 2 is 1.84 bits per heavy atom. The molecule has 130 valence electrons. The van der Waals surface area contributed by atoms with Crippen molar-refractivity contribution in [2.75, 3.05) is 19.5 Å². The zero-order valence-corrected chi connectivity index (χ0v) is 13.6. The highest BCUT2D eigenvalue weighted by atomic mass is 16.5. The van der Waals surface area contributed by atoms with Crippen molar-refractivity contribution in [2.24, 2.45) is 5.10 Å². The molecular weight excluding hydrogens is 326 g/mol. The van der Waals surface area contributed by atoms with Gasteiger partial charge in [-0.1, -0.05) is 12.1 Å². The predicted octanol–water partition coefficient (Wildman–Crippen LogP) is 1.50. The molecule has 3 N–H and O–H groups in total. The Balaban J connectivity index is 1.99. The van der Waals surface area contributed by atoms with Crippen LogP contribution < -0.4 is 20.2 Å². The van der Waals surface area contributed by atoms with Crippen LogP contribution in [0.25, 0.3) is 0 Å². The molecule has 0 bridgehead atoms. The number of aromatic hydroxyl groups is 1. The van der Waals surface area contributed by atoms with Gasteiger partial charge in [0.05, 0.1) is 26.1 Å². The number of carbonyl (C=O) groups is 2. The molecule has 0 unspecified atom stereocenters. The molecule has 25 heavy (non-hydrogen) atoms. The molecule has 2 aromatic carbocycles. The topological polar surface area (TPSA) is 109 Å². The van der Waals surface area contributed by atoms with Crippen LogP contribution in [0.15, 0.2) is 47.6 Å². The predicted molar refractivity (Wildman–Crippen MR) is 92.0 cm³/mol. The number of hydrazone groups is 1. The summed E-state index contributed by atoms with van der Waals surface area (Å²) in [4.78, 5) is 23.6. The first-order valence-electron chi connectivity index (χ1n) is 7.19. The number of hydrogen-bond acceptors (Lipinski definition) is 6. The second-order valence-corrected chi connectivity index (χ2v) is 4.78. The lowest BCUT2D eigenvalue weighted by Crippen LogP contribution is -2.32. The summed E-state index contributed by atoms with van der Waals surface area (Å²) in [5, 5.41) is 15.8. The monoisotopic (exact) mass is 343 g/mol. The molecule has 0 radical (unpaired) electrons. The molecule has 0 fully saturated rings. The number of benzene rings is 2. The minimum absolute atomic E-state index is 0.0442. The largest absolute Gasteiger partial charge is 0.507 e. The summed E-state index contributed by atoms with van der Waals surface area (Å²) < 4.78 is 10.1. The van der Waals surface area contributed by atoms with Crippen LogP contribution in [0, 0.1) is 0 Å². The number of rotatable bonds is 5. The summed E-state index contributed by atoms with van der Waals surface area (Å²) in [6, 6.07) is 11.2. The molecule has 0 spiro atoms. The standard InChI is InChI=1S/C17H17N3O5/c1-24-12-7-8-14(21)11(9-12)10-18-20-17(23)16(22)19-13-5-3-4-6-15(13)25-2/h3-10,21H,1-2H3,(H,19,22)(H,20,23)/b18-10+. The smallest absolute Gasteiger partial charge is 0.329 e. The second kappa shape index (κ2) is 8.34. The van der Waals surface area contributed by atoms with Gasteiger partial charge in [-0.05, 0) is 30.3 Å². The maximum Gasteiger partial charge on any atom is 0.329 e. The Labute approximate surface area is 144 Å². The van der Waals surface area contributed by atoms with E-state index < -0.39 is 11.8 Å². The van der Waals surface area contributed by atoms with Crippen molar-refractivity contribution in [1.29, 1.82) is 0 Å². The molecule has 8 heteroatoms. The molecule has 0 heterocycles. The van der Waals surface area contributed by atoms with E-state index in [-0.39, 0.29) is 5.75 Å². The lowest BCUT2D eigenvalue weighted by Gasteiger charge is -2.08. The lowest BCUT2D eigenvalue weighted by atomic mass is 10.2. The summed E-state index contributed by atoms with van der Waals surface area (Å²) in [5.41, 5.74) is 2.76. The normalized spacial score (nSPS) is 10.3. The maximum atomic E-state index is 11.9. The summed E-state index contributed by atoms with van der Waals surface area (Å²) in [6.07, 6.45) is 1.20. The van der Waals surface area contributed by atoms with Crippen molar-refractivity contribution in [3.05, 3.63) is 48.0 Å². The van der Waals surface area contributed by atoms with Gasteiger partial charge in [0.25, 0.3) is 0 Å². The van der Waals surface area contributed by atoms with Crippen molar-refractivity contribution in [3.8, 4) is 17.2 Å². The molecule has 8 nitrogen and oxygen atoms in total. The number of carbonyl (C=O) groups excluding carboxylic acids is 2. The van der Waals surface area contributed by atoms with Gasteiger partial charge in [0.1, 0.15) is 17.2 Å². The second-order valence-electron chi connectivity index (χ2n) is 4.78. The van der Waals surface area contributed by atoms with E-state index in [4.69, 9.17) is 9.47 Å². The highest BCUT2D eigenvalue weighted by Crippen LogP contribution is 2.23. The summed E-state index contributed by atoms with van der Waals surface area (Å²) >= 11 is 0. The van der Waals surface area contributed by atoms with Crippen molar-refractivity contribution in [2.45, 2.75) is 0 Å². The van der Waals surface area contributed by atoms with Crippen LogP contribution in [-0.2, 0) is 9.59 Å². The Morgan fingerprint density at radius 1 is 1.08 bits per heavy atom. The van der Waals surface area contributed by atoms with Crippen LogP contribution >= 0.6 is 0 Å². The fourth-order valence-electron chi connectivity index (χ4n) is 1.90. The van der Waals surface area contributed by atoms with E-state index in [9.17, 15) is 14.7 Å². The summed E-state index contributed by atoms with van der Waals surface area (Å²) in [5.74, 6) is -0.980. The van der Waals surface area contributed by atoms with E-state index in [0.717, 1.165) is 0 Å². The molecule has 0 aliphatic rings. The molecule has 0 aliphatic heterocycles. The van der Waals surface area contributed by atoms with Gasteiger partial charge in [-0.25, -0.2) is 5.43 Å². The third-order valence-corrected chi connectivity index (χ3v) is 3.17. The average molecular weight is 343 g/mol. The molecule has 0 atom stereocenters. The first kappa shape index (κ1) is 17.8. The molecule has 0 saturated carbocycles. The molecule has 2 rings (SSSR count). The minimum Gasteiger partial charge on any atom is -0.507 e. The summed E-state index contributed by atoms with van der Waals surface area (Å²) in [6.45, 7) is 0. The number of phenols is 1. The average Bonchev–Trinajstić information content (AvgIpc) is 2.63. The van der Waals surface area contributed by atoms with Gasteiger partial charge in [-0.15, -0.1) is 0 Å². The number of amides is 2. The van der Waals surface area contributed by atoms with E-state index in [1.807, 2.05) is 0 Å². The molecule has 2 amide bonds. The Hall–Kier alpha value is -3.55. The highest BCUT2D eigenvalue weighted by Gasteiger charge is 2.15. The van der Waals surface area contributed by atoms with Gasteiger partial charge in [0.15, 0.2) is 0 Å². The molecule has 0 aliphatic carbocycles. The Morgan fingerprint density at radius 3 is 2.56 bits per heavy atom. The number of phenolic OH excluding ortho intramolecular Hbond substituents is 1. The lowest BCUT2D eigenvalue weighted by molar-refractivity contribution is -0.136. The number of nitrogens with one attached hydrogen (secondary N) is 2. The zero-order valence-electron chi connectivity index (χ0n) is 13.6. The van der Waals surface area contributed by atoms with Crippen LogP contribution in [0.3, 0.4) is 0 Å². The van der Waals surface area contributed by atoms with Crippen LogP contribution in [-0.4, -0.2) is 37.4 Å². The van der Waals surface area contributed by atoms with E-state index in [2.05, 4.69) is 15.8 Å². The number of methoxy groups -OCH3 is 2. The van der Waals surface area contributed by atoms with Crippen molar-refractivity contribution in [3.63, 3.8) is 0 Å². The number of hydrogen-bond donors (Lipinski definition) is 3. The number of para-hydroxylation sites is 2. The van der Waals surface area contributed by atoms with Crippen molar-refractivity contribution >= 4 is 23.7 Å². The number of anilines is 1. The maximum absolute atomic E-state index is 11.9.